The highest BCUT2D eigenvalue weighted by Gasteiger charge is 2.28. The van der Waals surface area contributed by atoms with Gasteiger partial charge in [-0.2, -0.15) is 0 Å². The van der Waals surface area contributed by atoms with Crippen molar-refractivity contribution in [3.63, 3.8) is 0 Å². The number of likely N-dealkylation sites (N-methyl/N-ethyl adjacent to an activating group) is 1. The van der Waals surface area contributed by atoms with Crippen LogP contribution in [-0.4, -0.2) is 50.9 Å². The van der Waals surface area contributed by atoms with E-state index in [1.165, 1.54) is 0 Å². The van der Waals surface area contributed by atoms with Gasteiger partial charge in [-0.25, -0.2) is 9.97 Å². The number of rotatable bonds is 6. The number of nitrogens with one attached hydrogen (secondary N) is 2. The highest BCUT2D eigenvalue weighted by molar-refractivity contribution is 6.29. The highest BCUT2D eigenvalue weighted by Crippen LogP contribution is 2.32. The van der Waals surface area contributed by atoms with Crippen molar-refractivity contribution in [3.05, 3.63) is 41.8 Å². The van der Waals surface area contributed by atoms with Crippen LogP contribution >= 0.6 is 11.6 Å². The van der Waals surface area contributed by atoms with E-state index in [0.717, 1.165) is 53.7 Å². The monoisotopic (exact) mass is 426 g/mol. The fourth-order valence-corrected chi connectivity index (χ4v) is 4.48. The Bertz CT molecular complexity index is 1040. The van der Waals surface area contributed by atoms with Crippen LogP contribution in [0.5, 0.6) is 0 Å². The zero-order chi connectivity index (χ0) is 21.3. The molecule has 158 valence electrons. The van der Waals surface area contributed by atoms with E-state index in [4.69, 9.17) is 17.3 Å². The first-order valence-corrected chi connectivity index (χ1v) is 10.7. The second-order valence-electron chi connectivity index (χ2n) is 8.06. The molecule has 7 nitrogen and oxygen atoms in total. The normalized spacial score (nSPS) is 20.4. The van der Waals surface area contributed by atoms with Crippen LogP contribution in [-0.2, 0) is 4.79 Å². The van der Waals surface area contributed by atoms with Crippen molar-refractivity contribution in [3.8, 4) is 11.1 Å². The zero-order valence-corrected chi connectivity index (χ0v) is 18.0. The lowest BCUT2D eigenvalue weighted by molar-refractivity contribution is -0.123. The molecule has 0 saturated heterocycles. The standard InChI is InChI=1S/C22H27ClN6O/c1-13(21(24)30)29(2)16-7-5-15(6-8-16)27-20-11-14(10-19(23)28-20)18-12-26-22-17(18)4-3-9-25-22/h3-4,9-13,15-16H,5-8H2,1-2H3,(H2,24,30)(H,25,26)(H,27,28)/t13-,15-,16-/m0/s1. The minimum absolute atomic E-state index is 0.248. The van der Waals surface area contributed by atoms with Crippen molar-refractivity contribution in [2.24, 2.45) is 5.73 Å². The van der Waals surface area contributed by atoms with E-state index < -0.39 is 0 Å². The molecule has 3 aromatic rings. The number of aromatic nitrogens is 3. The van der Waals surface area contributed by atoms with E-state index in [1.807, 2.05) is 44.4 Å². The molecule has 3 aromatic heterocycles. The molecule has 8 heteroatoms. The van der Waals surface area contributed by atoms with Gasteiger partial charge in [0.05, 0.1) is 6.04 Å². The van der Waals surface area contributed by atoms with Crippen molar-refractivity contribution < 1.29 is 4.79 Å². The van der Waals surface area contributed by atoms with Crippen LogP contribution in [0.1, 0.15) is 32.6 Å². The van der Waals surface area contributed by atoms with Gasteiger partial charge in [-0.05, 0) is 69.5 Å². The maximum Gasteiger partial charge on any atom is 0.234 e. The van der Waals surface area contributed by atoms with Gasteiger partial charge >= 0.3 is 0 Å². The lowest BCUT2D eigenvalue weighted by atomic mass is 9.89. The van der Waals surface area contributed by atoms with Crippen molar-refractivity contribution in [2.75, 3.05) is 12.4 Å². The molecule has 1 atom stereocenters. The van der Waals surface area contributed by atoms with Gasteiger partial charge in [0.2, 0.25) is 5.91 Å². The first-order chi connectivity index (χ1) is 14.4. The molecule has 1 fully saturated rings. The molecule has 1 aliphatic rings. The van der Waals surface area contributed by atoms with Gasteiger partial charge in [0.15, 0.2) is 0 Å². The maximum atomic E-state index is 11.5. The fraction of sp³-hybridized carbons (Fsp3) is 0.409. The smallest absolute Gasteiger partial charge is 0.234 e. The van der Waals surface area contributed by atoms with Gasteiger partial charge < -0.3 is 16.0 Å². The lowest BCUT2D eigenvalue weighted by Crippen LogP contribution is -2.47. The maximum absolute atomic E-state index is 11.5. The van der Waals surface area contributed by atoms with E-state index in [2.05, 4.69) is 25.2 Å². The van der Waals surface area contributed by atoms with Crippen LogP contribution in [0.25, 0.3) is 22.2 Å². The summed E-state index contributed by atoms with van der Waals surface area (Å²) in [6, 6.07) is 8.32. The fourth-order valence-electron chi connectivity index (χ4n) is 4.27. The number of fused-ring (bicyclic) bond motifs is 1. The van der Waals surface area contributed by atoms with Gasteiger partial charge in [-0.1, -0.05) is 11.6 Å². The average molecular weight is 427 g/mol. The molecular weight excluding hydrogens is 400 g/mol. The average Bonchev–Trinajstić information content (AvgIpc) is 3.17. The van der Waals surface area contributed by atoms with E-state index in [0.29, 0.717) is 17.2 Å². The number of H-pyrrole nitrogens is 1. The SMILES string of the molecule is C[C@@H](C(N)=O)N(C)[C@H]1CC[C@H](Nc2cc(-c3c[nH]c4ncccc34)cc(Cl)n2)CC1. The summed E-state index contributed by atoms with van der Waals surface area (Å²) >= 11 is 6.34. The molecule has 0 radical (unpaired) electrons. The molecule has 1 aliphatic carbocycles. The molecule has 3 heterocycles. The molecule has 0 spiro atoms. The Labute approximate surface area is 181 Å². The summed E-state index contributed by atoms with van der Waals surface area (Å²) in [4.78, 5) is 25.6. The van der Waals surface area contributed by atoms with Crippen LogP contribution in [0.2, 0.25) is 5.15 Å². The molecule has 0 aromatic carbocycles. The Balaban J connectivity index is 1.46. The van der Waals surface area contributed by atoms with Crippen molar-refractivity contribution >= 4 is 34.4 Å². The minimum Gasteiger partial charge on any atom is -0.368 e. The first-order valence-electron chi connectivity index (χ1n) is 10.3. The van der Waals surface area contributed by atoms with Gasteiger partial charge in [0.25, 0.3) is 0 Å². The van der Waals surface area contributed by atoms with E-state index in [1.54, 1.807) is 6.20 Å². The summed E-state index contributed by atoms with van der Waals surface area (Å²) in [5.74, 6) is 0.499. The summed E-state index contributed by atoms with van der Waals surface area (Å²) in [6.45, 7) is 1.87. The Morgan fingerprint density at radius 2 is 2.10 bits per heavy atom. The number of carbonyl (C=O) groups is 1. The third kappa shape index (κ3) is 4.27. The summed E-state index contributed by atoms with van der Waals surface area (Å²) in [5, 5.41) is 5.06. The molecule has 30 heavy (non-hydrogen) atoms. The molecule has 1 saturated carbocycles. The molecule has 4 rings (SSSR count). The second kappa shape index (κ2) is 8.62. The van der Waals surface area contributed by atoms with Crippen molar-refractivity contribution in [1.29, 1.82) is 0 Å². The zero-order valence-electron chi connectivity index (χ0n) is 17.2. The van der Waals surface area contributed by atoms with Gasteiger partial charge in [-0.15, -0.1) is 0 Å². The highest BCUT2D eigenvalue weighted by atomic mass is 35.5. The summed E-state index contributed by atoms with van der Waals surface area (Å²) in [7, 11) is 1.98. The number of carbonyl (C=O) groups excluding carboxylic acids is 1. The van der Waals surface area contributed by atoms with Gasteiger partial charge in [0.1, 0.15) is 16.6 Å². The van der Waals surface area contributed by atoms with E-state index in [-0.39, 0.29) is 11.9 Å². The lowest BCUT2D eigenvalue weighted by Gasteiger charge is -2.37. The molecule has 0 unspecified atom stereocenters. The molecule has 1 amide bonds. The predicted molar refractivity (Wildman–Crippen MR) is 120 cm³/mol. The first kappa shape index (κ1) is 20.6. The third-order valence-electron chi connectivity index (χ3n) is 6.20. The molecule has 0 aliphatic heterocycles. The largest absolute Gasteiger partial charge is 0.368 e. The quantitative estimate of drug-likeness (QED) is 0.520. The van der Waals surface area contributed by atoms with Crippen LogP contribution in [0.4, 0.5) is 5.82 Å². The minimum atomic E-state index is -0.277. The summed E-state index contributed by atoms with van der Waals surface area (Å²) in [5.41, 5.74) is 8.36. The number of nitrogens with two attached hydrogens (primary N) is 1. The number of amides is 1. The number of aromatic amines is 1. The Morgan fingerprint density at radius 1 is 1.33 bits per heavy atom. The number of halogens is 1. The van der Waals surface area contributed by atoms with Crippen molar-refractivity contribution in [2.45, 2.75) is 50.7 Å². The van der Waals surface area contributed by atoms with Gasteiger partial charge in [-0.3, -0.25) is 9.69 Å². The Kier molecular flexibility index (Phi) is 5.92. The topological polar surface area (TPSA) is 99.9 Å². The number of hydrogen-bond acceptors (Lipinski definition) is 5. The second-order valence-corrected chi connectivity index (χ2v) is 8.45. The third-order valence-corrected chi connectivity index (χ3v) is 6.40. The number of anilines is 1. The molecule has 0 bridgehead atoms. The number of hydrogen-bond donors (Lipinski definition) is 3. The predicted octanol–water partition coefficient (Wildman–Crippen LogP) is 3.81. The van der Waals surface area contributed by atoms with E-state index in [9.17, 15) is 4.79 Å². The van der Waals surface area contributed by atoms with E-state index >= 15 is 0 Å². The number of nitrogens with zero attached hydrogens (tertiary/aromatic N) is 3. The van der Waals surface area contributed by atoms with Gasteiger partial charge in [0, 0.05) is 35.4 Å². The summed E-state index contributed by atoms with van der Waals surface area (Å²) in [6.07, 6.45) is 7.74. The van der Waals surface area contributed by atoms with Crippen LogP contribution in [0.15, 0.2) is 36.7 Å². The van der Waals surface area contributed by atoms with Crippen LogP contribution in [0, 0.1) is 0 Å². The Hall–Kier alpha value is -2.64. The Morgan fingerprint density at radius 3 is 2.83 bits per heavy atom. The summed E-state index contributed by atoms with van der Waals surface area (Å²) < 4.78 is 0. The number of primary amides is 1. The molecule has 4 N–H and O–H groups in total. The van der Waals surface area contributed by atoms with Crippen LogP contribution in [0.3, 0.4) is 0 Å². The molecular formula is C22H27ClN6O. The van der Waals surface area contributed by atoms with Crippen LogP contribution < -0.4 is 11.1 Å². The number of pyridine rings is 2. The van der Waals surface area contributed by atoms with Crippen molar-refractivity contribution in [1.82, 2.24) is 19.9 Å².